The predicted octanol–water partition coefficient (Wildman–Crippen LogP) is -0.903. The minimum Gasteiger partial charge on any atom is -0.394 e. The summed E-state index contributed by atoms with van der Waals surface area (Å²) in [5.74, 6) is 0.563. The van der Waals surface area contributed by atoms with Crippen LogP contribution in [0.3, 0.4) is 0 Å². The molecule has 3 fully saturated rings. The Morgan fingerprint density at radius 2 is 1.44 bits per heavy atom. The molecule has 0 spiro atoms. The lowest BCUT2D eigenvalue weighted by molar-refractivity contribution is -0.308. The molecule has 2 aliphatic carbocycles. The Morgan fingerprint density at radius 1 is 0.867 bits per heavy atom. The van der Waals surface area contributed by atoms with Crippen LogP contribution in [-0.2, 0) is 18.9 Å². The number of ether oxygens (including phenoxy) is 4. The summed E-state index contributed by atoms with van der Waals surface area (Å²) >= 11 is 0. The molecule has 0 radical (unpaired) electrons. The fourth-order valence-electron chi connectivity index (χ4n) is 7.99. The van der Waals surface area contributed by atoms with Crippen LogP contribution < -0.4 is 0 Å². The van der Waals surface area contributed by atoms with E-state index in [0.717, 1.165) is 37.7 Å². The molecule has 0 amide bonds. The molecule has 2 saturated heterocycles. The van der Waals surface area contributed by atoms with Crippen molar-refractivity contribution in [3.63, 3.8) is 0 Å². The van der Waals surface area contributed by atoms with Gasteiger partial charge >= 0.3 is 0 Å². The lowest BCUT2D eigenvalue weighted by Crippen LogP contribution is -2.60. The topological polar surface area (TPSA) is 219 Å². The Hall–Kier alpha value is -1.04. The van der Waals surface area contributed by atoms with Gasteiger partial charge in [0.2, 0.25) is 0 Å². The molecule has 0 aromatic heterocycles. The SMILES string of the molecule is CC1=CCCC2C1(COC1OC(CO)C(O)C(O)C1O)CCC(C)C2(C)CCC(=CCOC1OC(CO)C(O)C(O)C1O)CO. The maximum atomic E-state index is 10.6. The first-order valence-corrected chi connectivity index (χ1v) is 16.1. The number of rotatable bonds is 12. The third-order valence-electron chi connectivity index (χ3n) is 11.3. The molecule has 9 N–H and O–H groups in total. The Bertz CT molecular complexity index is 1020. The summed E-state index contributed by atoms with van der Waals surface area (Å²) < 4.78 is 22.9. The Morgan fingerprint density at radius 3 is 2.00 bits per heavy atom. The van der Waals surface area contributed by atoms with Crippen LogP contribution >= 0.6 is 0 Å². The lowest BCUT2D eigenvalue weighted by Gasteiger charge is -2.59. The van der Waals surface area contributed by atoms with Crippen LogP contribution in [0.25, 0.3) is 0 Å². The molecule has 45 heavy (non-hydrogen) atoms. The highest BCUT2D eigenvalue weighted by atomic mass is 16.7. The molecule has 0 aromatic carbocycles. The van der Waals surface area contributed by atoms with Crippen LogP contribution in [0.15, 0.2) is 23.3 Å². The van der Waals surface area contributed by atoms with Gasteiger partial charge in [0, 0.05) is 5.41 Å². The molecule has 1 saturated carbocycles. The highest BCUT2D eigenvalue weighted by molar-refractivity contribution is 5.23. The third kappa shape index (κ3) is 7.36. The molecule has 2 aliphatic heterocycles. The summed E-state index contributed by atoms with van der Waals surface area (Å²) in [6, 6.07) is 0. The van der Waals surface area contributed by atoms with Crippen molar-refractivity contribution in [3.8, 4) is 0 Å². The number of hydrogen-bond acceptors (Lipinski definition) is 13. The molecule has 2 heterocycles. The zero-order chi connectivity index (χ0) is 33.1. The Labute approximate surface area is 264 Å². The average molecular weight is 647 g/mol. The van der Waals surface area contributed by atoms with Gasteiger partial charge in [0.1, 0.15) is 48.8 Å². The van der Waals surface area contributed by atoms with Gasteiger partial charge in [0.15, 0.2) is 12.6 Å². The number of hydrogen-bond donors (Lipinski definition) is 9. The van der Waals surface area contributed by atoms with E-state index in [9.17, 15) is 46.0 Å². The minimum atomic E-state index is -1.53. The number of aliphatic hydroxyl groups is 9. The van der Waals surface area contributed by atoms with E-state index in [0.29, 0.717) is 12.3 Å². The lowest BCUT2D eigenvalue weighted by atomic mass is 9.46. The van der Waals surface area contributed by atoms with E-state index in [4.69, 9.17) is 18.9 Å². The van der Waals surface area contributed by atoms with Gasteiger partial charge in [-0.2, -0.15) is 0 Å². The van der Waals surface area contributed by atoms with Crippen molar-refractivity contribution < 1.29 is 64.9 Å². The first-order chi connectivity index (χ1) is 21.3. The van der Waals surface area contributed by atoms with Crippen LogP contribution in [0.2, 0.25) is 0 Å². The maximum absolute atomic E-state index is 10.6. The minimum absolute atomic E-state index is 0.0208. The van der Waals surface area contributed by atoms with Gasteiger partial charge in [-0.25, -0.2) is 0 Å². The molecule has 260 valence electrons. The first-order valence-electron chi connectivity index (χ1n) is 16.1. The number of aliphatic hydroxyl groups excluding tert-OH is 9. The summed E-state index contributed by atoms with van der Waals surface area (Å²) in [7, 11) is 0. The summed E-state index contributed by atoms with van der Waals surface area (Å²) in [4.78, 5) is 0. The smallest absolute Gasteiger partial charge is 0.187 e. The van der Waals surface area contributed by atoms with Gasteiger partial charge in [-0.1, -0.05) is 31.6 Å². The van der Waals surface area contributed by atoms with Crippen LogP contribution in [0.4, 0.5) is 0 Å². The van der Waals surface area contributed by atoms with E-state index >= 15 is 0 Å². The van der Waals surface area contributed by atoms with Gasteiger partial charge in [0.05, 0.1) is 33.0 Å². The fraction of sp³-hybridized carbons (Fsp3) is 0.875. The predicted molar refractivity (Wildman–Crippen MR) is 159 cm³/mol. The molecule has 0 bridgehead atoms. The highest BCUT2D eigenvalue weighted by Gasteiger charge is 2.56. The first kappa shape index (κ1) is 36.8. The van der Waals surface area contributed by atoms with Gasteiger partial charge in [-0.15, -0.1) is 0 Å². The van der Waals surface area contributed by atoms with Gasteiger partial charge in [0.25, 0.3) is 0 Å². The molecule has 4 aliphatic rings. The van der Waals surface area contributed by atoms with Gasteiger partial charge in [-0.3, -0.25) is 0 Å². The van der Waals surface area contributed by atoms with Crippen LogP contribution in [0, 0.1) is 22.7 Å². The molecule has 4 rings (SSSR count). The van der Waals surface area contributed by atoms with Crippen molar-refractivity contribution in [1.82, 2.24) is 0 Å². The van der Waals surface area contributed by atoms with Crippen molar-refractivity contribution in [3.05, 3.63) is 23.3 Å². The zero-order valence-electron chi connectivity index (χ0n) is 26.5. The molecule has 0 aromatic rings. The van der Waals surface area contributed by atoms with E-state index < -0.39 is 74.6 Å². The maximum Gasteiger partial charge on any atom is 0.187 e. The van der Waals surface area contributed by atoms with Crippen molar-refractivity contribution in [2.45, 2.75) is 121 Å². The summed E-state index contributed by atoms with van der Waals surface area (Å²) in [6.07, 6.45) is -4.59. The molecule has 14 atom stereocenters. The highest BCUT2D eigenvalue weighted by Crippen LogP contribution is 2.62. The van der Waals surface area contributed by atoms with Gasteiger partial charge in [-0.05, 0) is 68.3 Å². The van der Waals surface area contributed by atoms with Crippen molar-refractivity contribution in [2.75, 3.05) is 33.0 Å². The normalized spacial score (nSPS) is 46.0. The Balaban J connectivity index is 1.44. The molecular formula is C32H54O13. The number of allylic oxidation sites excluding steroid dienone is 1. The van der Waals surface area contributed by atoms with Crippen molar-refractivity contribution in [1.29, 1.82) is 0 Å². The largest absolute Gasteiger partial charge is 0.394 e. The monoisotopic (exact) mass is 646 g/mol. The van der Waals surface area contributed by atoms with E-state index in [1.54, 1.807) is 6.08 Å². The molecule has 14 unspecified atom stereocenters. The van der Waals surface area contributed by atoms with Gasteiger partial charge < -0.3 is 64.9 Å². The molecule has 13 nitrogen and oxygen atoms in total. The summed E-state index contributed by atoms with van der Waals surface area (Å²) in [5.41, 5.74) is 1.43. The Kier molecular flexibility index (Phi) is 12.6. The van der Waals surface area contributed by atoms with Crippen LogP contribution in [-0.4, -0.2) is 140 Å². The fourth-order valence-corrected chi connectivity index (χ4v) is 7.99. The van der Waals surface area contributed by atoms with E-state index in [1.165, 1.54) is 5.57 Å². The zero-order valence-corrected chi connectivity index (χ0v) is 26.5. The van der Waals surface area contributed by atoms with Crippen molar-refractivity contribution >= 4 is 0 Å². The van der Waals surface area contributed by atoms with E-state index in [-0.39, 0.29) is 36.6 Å². The average Bonchev–Trinajstić information content (AvgIpc) is 3.03. The number of fused-ring (bicyclic) bond motifs is 1. The molecule has 13 heteroatoms. The quantitative estimate of drug-likeness (QED) is 0.118. The summed E-state index contributed by atoms with van der Waals surface area (Å²) in [6.45, 7) is 5.58. The summed E-state index contributed by atoms with van der Waals surface area (Å²) in [5, 5.41) is 90.5. The van der Waals surface area contributed by atoms with E-state index in [2.05, 4.69) is 26.8 Å². The second kappa shape index (κ2) is 15.5. The third-order valence-corrected chi connectivity index (χ3v) is 11.3. The second-order valence-electron chi connectivity index (χ2n) is 13.7. The van der Waals surface area contributed by atoms with E-state index in [1.807, 2.05) is 0 Å². The van der Waals surface area contributed by atoms with Crippen LogP contribution in [0.1, 0.15) is 59.3 Å². The molecular weight excluding hydrogens is 592 g/mol. The second-order valence-corrected chi connectivity index (χ2v) is 13.7. The van der Waals surface area contributed by atoms with Crippen LogP contribution in [0.5, 0.6) is 0 Å². The van der Waals surface area contributed by atoms with Crippen molar-refractivity contribution in [2.24, 2.45) is 22.7 Å². The standard InChI is InChI=1S/C32H54O13/c1-17-7-11-32(16-43-30-28(41)26(39)24(37)21(15-35)45-30)18(2)5-4-6-22(32)31(17,3)10-8-19(13-33)9-12-42-29-27(40)25(38)23(36)20(14-34)44-29/h5,9,17,20-30,33-41H,4,6-8,10-16H2,1-3H3.